The van der Waals surface area contributed by atoms with Crippen molar-refractivity contribution in [2.45, 2.75) is 0 Å². The quantitative estimate of drug-likeness (QED) is 0.143. The van der Waals surface area contributed by atoms with Crippen LogP contribution in [0.4, 0.5) is 0 Å². The van der Waals surface area contributed by atoms with Crippen LogP contribution in [0.15, 0.2) is 0 Å². The van der Waals surface area contributed by atoms with E-state index in [9.17, 15) is 19.2 Å². The van der Waals surface area contributed by atoms with Gasteiger partial charge in [0.15, 0.2) is 0 Å². The molecule has 154 valence electrons. The summed E-state index contributed by atoms with van der Waals surface area (Å²) < 4.78 is 10.4. The fourth-order valence-electron chi connectivity index (χ4n) is 1.90. The Morgan fingerprint density at radius 3 is 1.04 bits per heavy atom. The van der Waals surface area contributed by atoms with Gasteiger partial charge in [-0.15, -0.1) is 0 Å². The highest BCUT2D eigenvalue weighted by Crippen LogP contribution is 1.92. The summed E-state index contributed by atoms with van der Waals surface area (Å²) in [5, 5.41) is 34.7. The number of aliphatic carboxylic acids is 4. The fraction of sp³-hybridized carbons (Fsp3) is 0.714. The highest BCUT2D eigenvalue weighted by atomic mass is 24.3. The lowest BCUT2D eigenvalue weighted by atomic mass is 10.4. The molecule has 27 heavy (non-hydrogen) atoms. The van der Waals surface area contributed by atoms with E-state index in [4.69, 9.17) is 29.9 Å². The first kappa shape index (κ1) is 27.7. The third-order valence-corrected chi connectivity index (χ3v) is 2.91. The number of carbonyl (C=O) groups is 4. The highest BCUT2D eigenvalue weighted by molar-refractivity contribution is 5.75. The monoisotopic (exact) mass is 406 g/mol. The maximum absolute atomic E-state index is 10.6. The number of nitrogens with zero attached hydrogens (tertiary/aromatic N) is 2. The molecule has 0 aliphatic carbocycles. The van der Waals surface area contributed by atoms with Crippen LogP contribution in [0, 0.1) is 0 Å². The maximum Gasteiger partial charge on any atom is 0.317 e. The second kappa shape index (κ2) is 16.6. The summed E-state index contributed by atoms with van der Waals surface area (Å²) in [5.74, 6) is -4.55. The minimum atomic E-state index is -1.14. The minimum absolute atomic E-state index is 0. The number of carboxylic acid groups (broad SMARTS) is 4. The van der Waals surface area contributed by atoms with Crippen molar-refractivity contribution in [3.63, 3.8) is 0 Å². The Kier molecular flexibility index (Phi) is 17.1. The summed E-state index contributed by atoms with van der Waals surface area (Å²) in [6, 6.07) is 0. The predicted octanol–water partition coefficient (Wildman–Crippen LogP) is -2.95. The zero-order valence-electron chi connectivity index (χ0n) is 14.2. The van der Waals surface area contributed by atoms with Crippen LogP contribution in [0.1, 0.15) is 0 Å². The topological polar surface area (TPSA) is 174 Å². The van der Waals surface area contributed by atoms with Gasteiger partial charge in [0.05, 0.1) is 52.6 Å². The van der Waals surface area contributed by atoms with Crippen molar-refractivity contribution in [1.82, 2.24) is 9.80 Å². The van der Waals surface area contributed by atoms with Crippen molar-refractivity contribution < 1.29 is 49.1 Å². The van der Waals surface area contributed by atoms with E-state index in [1.807, 2.05) is 0 Å². The molecule has 0 radical (unpaired) electrons. The van der Waals surface area contributed by atoms with E-state index in [1.165, 1.54) is 9.80 Å². The van der Waals surface area contributed by atoms with Crippen LogP contribution < -0.4 is 0 Å². The molecule has 0 fully saturated rings. The van der Waals surface area contributed by atoms with E-state index < -0.39 is 50.1 Å². The van der Waals surface area contributed by atoms with Gasteiger partial charge in [0, 0.05) is 13.1 Å². The first-order chi connectivity index (χ1) is 12.2. The van der Waals surface area contributed by atoms with E-state index in [1.54, 1.807) is 0 Å². The van der Waals surface area contributed by atoms with Crippen molar-refractivity contribution in [1.29, 1.82) is 0 Å². The standard InChI is InChI=1S/C14H24N2O10.Mg.2H/c17-11(18)7-15(8-12(19)20)1-3-25-5-6-26-4-2-16(9-13(21)22)10-14(23)24;;;/h1-10H2,(H,17,18)(H,19,20)(H,21,22)(H,23,24);;;. The van der Waals surface area contributed by atoms with Gasteiger partial charge in [-0.1, -0.05) is 0 Å². The van der Waals surface area contributed by atoms with Crippen molar-refractivity contribution in [3.8, 4) is 0 Å². The molecular weight excluding hydrogens is 380 g/mol. The zero-order valence-corrected chi connectivity index (χ0v) is 14.2. The molecule has 12 nitrogen and oxygen atoms in total. The van der Waals surface area contributed by atoms with E-state index in [-0.39, 0.29) is 62.6 Å². The number of hydrogen-bond donors (Lipinski definition) is 4. The molecule has 0 saturated heterocycles. The summed E-state index contributed by atoms with van der Waals surface area (Å²) in [5.41, 5.74) is 0. The van der Waals surface area contributed by atoms with Crippen molar-refractivity contribution >= 4 is 46.9 Å². The molecule has 0 aliphatic rings. The molecule has 0 bridgehead atoms. The number of ether oxygens (including phenoxy) is 2. The van der Waals surface area contributed by atoms with E-state index >= 15 is 0 Å². The van der Waals surface area contributed by atoms with Gasteiger partial charge in [-0.05, 0) is 0 Å². The molecule has 0 heterocycles. The van der Waals surface area contributed by atoms with Gasteiger partial charge in [0.2, 0.25) is 0 Å². The first-order valence-electron chi connectivity index (χ1n) is 7.68. The lowest BCUT2D eigenvalue weighted by Crippen LogP contribution is -2.37. The highest BCUT2D eigenvalue weighted by Gasteiger charge is 2.14. The minimum Gasteiger partial charge on any atom is -0.480 e. The summed E-state index contributed by atoms with van der Waals surface area (Å²) >= 11 is 0. The van der Waals surface area contributed by atoms with Crippen molar-refractivity contribution in [2.24, 2.45) is 0 Å². The average Bonchev–Trinajstić information content (AvgIpc) is 2.47. The lowest BCUT2D eigenvalue weighted by molar-refractivity contribution is -0.144. The number of carboxylic acids is 4. The third kappa shape index (κ3) is 19.1. The molecule has 0 aromatic rings. The van der Waals surface area contributed by atoms with Gasteiger partial charge in [0.1, 0.15) is 0 Å². The van der Waals surface area contributed by atoms with E-state index in [2.05, 4.69) is 0 Å². The van der Waals surface area contributed by atoms with Crippen LogP contribution in [-0.4, -0.2) is 143 Å². The lowest BCUT2D eigenvalue weighted by Gasteiger charge is -2.18. The molecular formula is C14H26MgN2O10. The third-order valence-electron chi connectivity index (χ3n) is 2.91. The molecule has 0 aliphatic heterocycles. The normalized spacial score (nSPS) is 10.6. The van der Waals surface area contributed by atoms with Crippen LogP contribution in [0.2, 0.25) is 0 Å². The van der Waals surface area contributed by atoms with Gasteiger partial charge in [-0.2, -0.15) is 0 Å². The molecule has 13 heteroatoms. The van der Waals surface area contributed by atoms with E-state index in [0.29, 0.717) is 0 Å². The van der Waals surface area contributed by atoms with Crippen LogP contribution in [0.25, 0.3) is 0 Å². The second-order valence-corrected chi connectivity index (χ2v) is 5.22. The van der Waals surface area contributed by atoms with Crippen LogP contribution in [-0.2, 0) is 28.7 Å². The van der Waals surface area contributed by atoms with Crippen LogP contribution >= 0.6 is 0 Å². The Morgan fingerprint density at radius 2 is 0.815 bits per heavy atom. The van der Waals surface area contributed by atoms with Crippen molar-refractivity contribution in [3.05, 3.63) is 0 Å². The second-order valence-electron chi connectivity index (χ2n) is 5.22. The predicted molar refractivity (Wildman–Crippen MR) is 93.6 cm³/mol. The summed E-state index contributed by atoms with van der Waals surface area (Å²) in [7, 11) is 0. The Hall–Kier alpha value is -1.51. The first-order valence-corrected chi connectivity index (χ1v) is 7.68. The van der Waals surface area contributed by atoms with E-state index in [0.717, 1.165) is 0 Å². The smallest absolute Gasteiger partial charge is 0.317 e. The number of hydrogen-bond acceptors (Lipinski definition) is 8. The average molecular weight is 407 g/mol. The zero-order chi connectivity index (χ0) is 19.9. The molecule has 0 rings (SSSR count). The Bertz CT molecular complexity index is 403. The summed E-state index contributed by atoms with van der Waals surface area (Å²) in [6.07, 6.45) is 0. The molecule has 0 unspecified atom stereocenters. The van der Waals surface area contributed by atoms with Crippen LogP contribution in [0.5, 0.6) is 0 Å². The molecule has 0 spiro atoms. The molecule has 0 amide bonds. The van der Waals surface area contributed by atoms with Crippen LogP contribution in [0.3, 0.4) is 0 Å². The molecule has 0 saturated carbocycles. The summed E-state index contributed by atoms with van der Waals surface area (Å²) in [4.78, 5) is 44.9. The van der Waals surface area contributed by atoms with Crippen molar-refractivity contribution in [2.75, 3.05) is 65.7 Å². The molecule has 4 N–H and O–H groups in total. The van der Waals surface area contributed by atoms with Gasteiger partial charge in [-0.3, -0.25) is 29.0 Å². The SMILES string of the molecule is O=C(O)CN(CCOCCOCCN(CC(=O)O)CC(=O)O)CC(=O)O.[MgH2]. The van der Waals surface area contributed by atoms with Gasteiger partial charge in [-0.25, -0.2) is 0 Å². The molecule has 0 aromatic carbocycles. The van der Waals surface area contributed by atoms with Gasteiger partial charge in [0.25, 0.3) is 0 Å². The van der Waals surface area contributed by atoms with Gasteiger partial charge < -0.3 is 29.9 Å². The Morgan fingerprint density at radius 1 is 0.556 bits per heavy atom. The molecule has 0 aromatic heterocycles. The Balaban J connectivity index is 0. The summed E-state index contributed by atoms with van der Waals surface area (Å²) in [6.45, 7) is -0.790. The van der Waals surface area contributed by atoms with Gasteiger partial charge >= 0.3 is 46.9 Å². The molecule has 0 atom stereocenters. The number of rotatable bonds is 17. The maximum atomic E-state index is 10.6. The largest absolute Gasteiger partial charge is 0.480 e. The fourth-order valence-corrected chi connectivity index (χ4v) is 1.90. The Labute approximate surface area is 171 Å².